The minimum absolute atomic E-state index is 0.0372. The first-order valence-corrected chi connectivity index (χ1v) is 19.8. The van der Waals surface area contributed by atoms with Crippen molar-refractivity contribution in [3.05, 3.63) is 102 Å². The van der Waals surface area contributed by atoms with E-state index in [1.54, 1.807) is 14.0 Å². The van der Waals surface area contributed by atoms with Gasteiger partial charge in [-0.25, -0.2) is 4.98 Å². The number of rotatable bonds is 12. The minimum atomic E-state index is -0.311. The number of fused-ring (bicyclic) bond motifs is 3. The number of hydrogen-bond acceptors (Lipinski definition) is 8. The molecular formula is C45H50N6O5. The number of amides is 2. The molecule has 0 spiro atoms. The zero-order valence-corrected chi connectivity index (χ0v) is 32.6. The number of pyridine rings is 1. The summed E-state index contributed by atoms with van der Waals surface area (Å²) in [5.74, 6) is 3.17. The molecule has 290 valence electrons. The lowest BCUT2D eigenvalue weighted by atomic mass is 9.99. The molecule has 11 heteroatoms. The van der Waals surface area contributed by atoms with Gasteiger partial charge in [0.2, 0.25) is 11.8 Å². The molecule has 1 N–H and O–H groups in total. The van der Waals surface area contributed by atoms with Crippen LogP contribution in [0.15, 0.2) is 79.5 Å². The van der Waals surface area contributed by atoms with Crippen molar-refractivity contribution in [2.24, 2.45) is 0 Å². The normalized spacial score (nSPS) is 16.1. The van der Waals surface area contributed by atoms with Gasteiger partial charge in [0, 0.05) is 92.3 Å². The Morgan fingerprint density at radius 3 is 2.48 bits per heavy atom. The van der Waals surface area contributed by atoms with Crippen LogP contribution in [-0.2, 0) is 34.0 Å². The fourth-order valence-corrected chi connectivity index (χ4v) is 8.26. The van der Waals surface area contributed by atoms with Crippen LogP contribution in [0.1, 0.15) is 68.1 Å². The first-order valence-electron chi connectivity index (χ1n) is 19.8. The van der Waals surface area contributed by atoms with Crippen molar-refractivity contribution in [2.75, 3.05) is 40.0 Å². The van der Waals surface area contributed by atoms with Gasteiger partial charge in [0.1, 0.15) is 23.4 Å². The molecule has 2 amide bonds. The molecule has 0 aliphatic carbocycles. The number of imidazole rings is 1. The Kier molecular flexibility index (Phi) is 10.8. The molecule has 11 nitrogen and oxygen atoms in total. The second-order valence-electron chi connectivity index (χ2n) is 14.9. The van der Waals surface area contributed by atoms with Crippen LogP contribution in [0.5, 0.6) is 11.5 Å². The summed E-state index contributed by atoms with van der Waals surface area (Å²) in [5.41, 5.74) is 7.94. The van der Waals surface area contributed by atoms with Gasteiger partial charge in [-0.1, -0.05) is 36.9 Å². The van der Waals surface area contributed by atoms with Crippen LogP contribution in [0.3, 0.4) is 0 Å². The van der Waals surface area contributed by atoms with Gasteiger partial charge in [-0.2, -0.15) is 0 Å². The van der Waals surface area contributed by atoms with E-state index in [0.717, 1.165) is 119 Å². The van der Waals surface area contributed by atoms with Crippen molar-refractivity contribution in [3.8, 4) is 34.0 Å². The number of benzene rings is 3. The van der Waals surface area contributed by atoms with E-state index in [2.05, 4.69) is 52.9 Å². The number of unbranched alkanes of at least 4 members (excludes halogenated alkanes) is 1. The standard InChI is InChI=1S/C45H50N6O5/c1-29-36-10-8-12-42(39(36)27-51(29)30(2)45(53)46-4)56-22-6-5-21-55-35-15-13-32(14-16-35)40-25-34-9-7-11-37(38(34)26-47-40)43-41-28-49(31(3)52)19-20-50(41)44(48-43)33-17-23-54-24-18-33/h7-16,25-26,30,33H,1,5-6,17-24,27-28H2,2-4H3,(H,46,53). The molecule has 1 unspecified atom stereocenters. The van der Waals surface area contributed by atoms with Crippen LogP contribution in [0, 0.1) is 0 Å². The SMILES string of the molecule is C=C1c2cccc(OCCCCOc3ccc(-c4cc5cccc(-c6nc(C7CCOCC7)n7c6CN(C(C)=O)CC7)c5cn4)cc3)c2CN1C(C)C(=O)NC. The van der Waals surface area contributed by atoms with Crippen molar-refractivity contribution in [1.82, 2.24) is 29.7 Å². The Labute approximate surface area is 328 Å². The van der Waals surface area contributed by atoms with Gasteiger partial charge in [0.25, 0.3) is 0 Å². The summed E-state index contributed by atoms with van der Waals surface area (Å²) >= 11 is 0. The maximum atomic E-state index is 12.4. The number of nitrogens with one attached hydrogen (secondary N) is 1. The van der Waals surface area contributed by atoms with E-state index in [4.69, 9.17) is 24.2 Å². The van der Waals surface area contributed by atoms with E-state index < -0.39 is 0 Å². The lowest BCUT2D eigenvalue weighted by molar-refractivity contribution is -0.130. The fraction of sp³-hybridized carbons (Fsp3) is 0.378. The average molecular weight is 755 g/mol. The lowest BCUT2D eigenvalue weighted by Gasteiger charge is -2.30. The maximum absolute atomic E-state index is 12.4. The number of likely N-dealkylation sites (N-methyl/N-ethyl adjacent to an activating group) is 1. The molecule has 0 bridgehead atoms. The summed E-state index contributed by atoms with van der Waals surface area (Å²) in [6.07, 6.45) is 5.57. The summed E-state index contributed by atoms with van der Waals surface area (Å²) in [6.45, 7) is 13.0. The van der Waals surface area contributed by atoms with Crippen LogP contribution in [-0.4, -0.2) is 82.2 Å². The fourth-order valence-electron chi connectivity index (χ4n) is 8.26. The van der Waals surface area contributed by atoms with Gasteiger partial charge in [-0.05, 0) is 74.4 Å². The number of aromatic nitrogens is 3. The van der Waals surface area contributed by atoms with E-state index >= 15 is 0 Å². The predicted molar refractivity (Wildman–Crippen MR) is 217 cm³/mol. The van der Waals surface area contributed by atoms with E-state index in [-0.39, 0.29) is 17.9 Å². The summed E-state index contributed by atoms with van der Waals surface area (Å²) in [7, 11) is 1.65. The zero-order valence-electron chi connectivity index (χ0n) is 32.6. The predicted octanol–water partition coefficient (Wildman–Crippen LogP) is 7.18. The smallest absolute Gasteiger partial charge is 0.242 e. The van der Waals surface area contributed by atoms with Gasteiger partial charge < -0.3 is 33.9 Å². The first-order chi connectivity index (χ1) is 27.3. The first kappa shape index (κ1) is 37.3. The number of carbonyl (C=O) groups excluding carboxylic acids is 2. The number of nitrogens with zero attached hydrogens (tertiary/aromatic N) is 5. The van der Waals surface area contributed by atoms with E-state index in [1.165, 1.54) is 0 Å². The van der Waals surface area contributed by atoms with Crippen LogP contribution in [0.2, 0.25) is 0 Å². The molecule has 0 saturated carbocycles. The second kappa shape index (κ2) is 16.2. The Balaban J connectivity index is 0.893. The van der Waals surface area contributed by atoms with Crippen molar-refractivity contribution in [1.29, 1.82) is 0 Å². The third-order valence-electron chi connectivity index (χ3n) is 11.5. The van der Waals surface area contributed by atoms with Crippen molar-refractivity contribution in [3.63, 3.8) is 0 Å². The van der Waals surface area contributed by atoms with Crippen molar-refractivity contribution >= 4 is 28.3 Å². The molecule has 56 heavy (non-hydrogen) atoms. The maximum Gasteiger partial charge on any atom is 0.242 e. The molecule has 5 aromatic rings. The summed E-state index contributed by atoms with van der Waals surface area (Å²) in [4.78, 5) is 38.9. The topological polar surface area (TPSA) is 111 Å². The van der Waals surface area contributed by atoms with E-state index in [1.807, 2.05) is 53.3 Å². The molecule has 5 heterocycles. The summed E-state index contributed by atoms with van der Waals surface area (Å²) < 4.78 is 20.3. The Morgan fingerprint density at radius 1 is 0.964 bits per heavy atom. The largest absolute Gasteiger partial charge is 0.494 e. The number of ether oxygens (including phenoxy) is 3. The molecule has 1 fully saturated rings. The van der Waals surface area contributed by atoms with Gasteiger partial charge in [0.05, 0.1) is 36.8 Å². The Morgan fingerprint density at radius 2 is 1.71 bits per heavy atom. The third kappa shape index (κ3) is 7.35. The van der Waals surface area contributed by atoms with Crippen LogP contribution >= 0.6 is 0 Å². The molecule has 0 radical (unpaired) electrons. The quantitative estimate of drug-likeness (QED) is 0.134. The number of carbonyl (C=O) groups is 2. The van der Waals surface area contributed by atoms with Gasteiger partial charge >= 0.3 is 0 Å². The molecular weight excluding hydrogens is 705 g/mol. The lowest BCUT2D eigenvalue weighted by Crippen LogP contribution is -2.40. The molecule has 3 aliphatic heterocycles. The number of hydrogen-bond donors (Lipinski definition) is 1. The second-order valence-corrected chi connectivity index (χ2v) is 14.9. The summed E-state index contributed by atoms with van der Waals surface area (Å²) in [6, 6.07) is 22.3. The highest BCUT2D eigenvalue weighted by molar-refractivity contribution is 5.97. The molecule has 8 rings (SSSR count). The highest BCUT2D eigenvalue weighted by atomic mass is 16.5. The van der Waals surface area contributed by atoms with E-state index in [0.29, 0.717) is 38.8 Å². The molecule has 1 saturated heterocycles. The highest BCUT2D eigenvalue weighted by Crippen LogP contribution is 2.40. The van der Waals surface area contributed by atoms with Gasteiger partial charge in [-0.15, -0.1) is 0 Å². The molecule has 1 atom stereocenters. The minimum Gasteiger partial charge on any atom is -0.494 e. The van der Waals surface area contributed by atoms with Gasteiger partial charge in [-0.3, -0.25) is 14.6 Å². The highest BCUT2D eigenvalue weighted by Gasteiger charge is 2.32. The van der Waals surface area contributed by atoms with Crippen LogP contribution in [0.25, 0.3) is 39.0 Å². The third-order valence-corrected chi connectivity index (χ3v) is 11.5. The molecule has 3 aromatic carbocycles. The van der Waals surface area contributed by atoms with Crippen LogP contribution < -0.4 is 14.8 Å². The summed E-state index contributed by atoms with van der Waals surface area (Å²) in [5, 5.41) is 4.86. The zero-order chi connectivity index (χ0) is 38.8. The van der Waals surface area contributed by atoms with Gasteiger partial charge in [0.15, 0.2) is 0 Å². The Hall–Kier alpha value is -5.68. The molecule has 3 aliphatic rings. The molecule has 2 aromatic heterocycles. The van der Waals surface area contributed by atoms with E-state index in [9.17, 15) is 9.59 Å². The van der Waals surface area contributed by atoms with Crippen molar-refractivity contribution < 1.29 is 23.8 Å². The van der Waals surface area contributed by atoms with Crippen molar-refractivity contribution in [2.45, 2.75) is 71.1 Å². The average Bonchev–Trinajstić information content (AvgIpc) is 3.79. The monoisotopic (exact) mass is 754 g/mol. The van der Waals surface area contributed by atoms with Crippen LogP contribution in [0.4, 0.5) is 0 Å². The Bertz CT molecular complexity index is 2260.